The minimum Gasteiger partial charge on any atom is -0.367 e. The van der Waals surface area contributed by atoms with Gasteiger partial charge in [-0.15, -0.1) is 0 Å². The molecule has 0 rings (SSSR count). The van der Waals surface area contributed by atoms with Crippen LogP contribution in [-0.2, 0) is 4.74 Å². The van der Waals surface area contributed by atoms with Crippen LogP contribution >= 0.6 is 0 Å². The molecule has 0 spiro atoms. The van der Waals surface area contributed by atoms with Crippen LogP contribution in [0, 0.1) is 11.3 Å². The summed E-state index contributed by atoms with van der Waals surface area (Å²) in [6, 6.07) is 1.89. The van der Waals surface area contributed by atoms with Gasteiger partial charge in [0.15, 0.2) is 0 Å². The van der Waals surface area contributed by atoms with Gasteiger partial charge in [-0.05, 0) is 19.4 Å². The molecule has 52 valence electrons. The summed E-state index contributed by atoms with van der Waals surface area (Å²) in [6.45, 7) is 1.56. The molecule has 0 aromatic carbocycles. The van der Waals surface area contributed by atoms with Gasteiger partial charge in [0.2, 0.25) is 0 Å². The monoisotopic (exact) mass is 128 g/mol. The van der Waals surface area contributed by atoms with Gasteiger partial charge >= 0.3 is 0 Å². The van der Waals surface area contributed by atoms with Crippen molar-refractivity contribution in [2.75, 3.05) is 19.8 Å². The van der Waals surface area contributed by atoms with Gasteiger partial charge in [0.25, 0.3) is 0 Å². The largest absolute Gasteiger partial charge is 0.367 e. The van der Waals surface area contributed by atoms with E-state index in [-0.39, 0.29) is 6.61 Å². The van der Waals surface area contributed by atoms with E-state index in [9.17, 15) is 0 Å². The Morgan fingerprint density at radius 1 is 1.44 bits per heavy atom. The zero-order chi connectivity index (χ0) is 6.95. The van der Waals surface area contributed by atoms with Crippen LogP contribution in [0.1, 0.15) is 12.8 Å². The lowest BCUT2D eigenvalue weighted by Gasteiger charge is -1.95. The van der Waals surface area contributed by atoms with E-state index in [1.807, 2.05) is 6.07 Å². The molecule has 0 radical (unpaired) electrons. The standard InChI is InChI=1S/C6H12N2O/c7-3-1-2-5-9-6-4-8/h1-3,5-7H2. The van der Waals surface area contributed by atoms with Gasteiger partial charge in [-0.25, -0.2) is 0 Å². The molecule has 0 heterocycles. The summed E-state index contributed by atoms with van der Waals surface area (Å²) in [5, 5.41) is 8.02. The summed E-state index contributed by atoms with van der Waals surface area (Å²) >= 11 is 0. The zero-order valence-corrected chi connectivity index (χ0v) is 5.47. The lowest BCUT2D eigenvalue weighted by Crippen LogP contribution is -2.01. The summed E-state index contributed by atoms with van der Waals surface area (Å²) in [5.74, 6) is 0. The number of nitriles is 1. The van der Waals surface area contributed by atoms with E-state index >= 15 is 0 Å². The second-order valence-electron chi connectivity index (χ2n) is 1.71. The first-order valence-electron chi connectivity index (χ1n) is 3.06. The molecule has 0 unspecified atom stereocenters. The molecular weight excluding hydrogens is 116 g/mol. The SMILES string of the molecule is N#CCOCCCCN. The number of unbranched alkanes of at least 4 members (excludes halogenated alkanes) is 1. The Hall–Kier alpha value is -0.590. The number of nitrogens with two attached hydrogens (primary N) is 1. The van der Waals surface area contributed by atoms with Crippen molar-refractivity contribution in [1.29, 1.82) is 5.26 Å². The van der Waals surface area contributed by atoms with E-state index in [0.717, 1.165) is 12.8 Å². The molecule has 0 aliphatic carbocycles. The Morgan fingerprint density at radius 3 is 2.78 bits per heavy atom. The Labute approximate surface area is 55.4 Å². The van der Waals surface area contributed by atoms with Crippen molar-refractivity contribution in [2.24, 2.45) is 5.73 Å². The van der Waals surface area contributed by atoms with Crippen molar-refractivity contribution in [3.05, 3.63) is 0 Å². The summed E-state index contributed by atoms with van der Waals surface area (Å²) < 4.78 is 4.87. The maximum Gasteiger partial charge on any atom is 0.133 e. The molecule has 0 fully saturated rings. The van der Waals surface area contributed by atoms with Gasteiger partial charge in [0.05, 0.1) is 6.07 Å². The van der Waals surface area contributed by atoms with Crippen molar-refractivity contribution < 1.29 is 4.74 Å². The number of ether oxygens (including phenoxy) is 1. The highest BCUT2D eigenvalue weighted by Crippen LogP contribution is 1.85. The fourth-order valence-corrected chi connectivity index (χ4v) is 0.466. The minimum atomic E-state index is 0.199. The topological polar surface area (TPSA) is 59.0 Å². The molecule has 0 amide bonds. The third-order valence-corrected chi connectivity index (χ3v) is 0.909. The quantitative estimate of drug-likeness (QED) is 0.540. The van der Waals surface area contributed by atoms with Gasteiger partial charge in [0.1, 0.15) is 6.61 Å². The lowest BCUT2D eigenvalue weighted by molar-refractivity contribution is 0.162. The Kier molecular flexibility index (Phi) is 6.92. The fraction of sp³-hybridized carbons (Fsp3) is 0.833. The van der Waals surface area contributed by atoms with Crippen LogP contribution in [0.2, 0.25) is 0 Å². The molecular formula is C6H12N2O. The van der Waals surface area contributed by atoms with Gasteiger partial charge in [-0.2, -0.15) is 5.26 Å². The van der Waals surface area contributed by atoms with E-state index in [1.165, 1.54) is 0 Å². The molecule has 2 N–H and O–H groups in total. The molecule has 9 heavy (non-hydrogen) atoms. The first-order valence-corrected chi connectivity index (χ1v) is 3.06. The zero-order valence-electron chi connectivity index (χ0n) is 5.47. The normalized spacial score (nSPS) is 8.89. The average Bonchev–Trinajstić information content (AvgIpc) is 1.89. The van der Waals surface area contributed by atoms with Crippen molar-refractivity contribution in [3.8, 4) is 6.07 Å². The van der Waals surface area contributed by atoms with Crippen molar-refractivity contribution in [1.82, 2.24) is 0 Å². The van der Waals surface area contributed by atoms with Crippen molar-refractivity contribution >= 4 is 0 Å². The first kappa shape index (κ1) is 8.41. The molecule has 3 heteroatoms. The van der Waals surface area contributed by atoms with E-state index in [0.29, 0.717) is 13.2 Å². The van der Waals surface area contributed by atoms with E-state index in [1.54, 1.807) is 0 Å². The van der Waals surface area contributed by atoms with Crippen molar-refractivity contribution in [3.63, 3.8) is 0 Å². The predicted octanol–water partition coefficient (Wildman–Crippen LogP) is 0.265. The predicted molar refractivity (Wildman–Crippen MR) is 34.7 cm³/mol. The van der Waals surface area contributed by atoms with Crippen LogP contribution in [0.25, 0.3) is 0 Å². The highest BCUT2D eigenvalue weighted by atomic mass is 16.5. The molecule has 0 aliphatic rings. The van der Waals surface area contributed by atoms with Crippen LogP contribution < -0.4 is 5.73 Å². The summed E-state index contributed by atoms with van der Waals surface area (Å²) in [7, 11) is 0. The van der Waals surface area contributed by atoms with Crippen LogP contribution in [0.15, 0.2) is 0 Å². The molecule has 0 bridgehead atoms. The first-order chi connectivity index (χ1) is 4.41. The van der Waals surface area contributed by atoms with Gasteiger partial charge < -0.3 is 10.5 Å². The number of hydrogen-bond acceptors (Lipinski definition) is 3. The van der Waals surface area contributed by atoms with Crippen LogP contribution in [0.3, 0.4) is 0 Å². The molecule has 0 atom stereocenters. The third-order valence-electron chi connectivity index (χ3n) is 0.909. The average molecular weight is 128 g/mol. The van der Waals surface area contributed by atoms with E-state index in [4.69, 9.17) is 15.7 Å². The minimum absolute atomic E-state index is 0.199. The fourth-order valence-electron chi connectivity index (χ4n) is 0.466. The number of rotatable bonds is 5. The highest BCUT2D eigenvalue weighted by molar-refractivity contribution is 4.65. The van der Waals surface area contributed by atoms with Crippen LogP contribution in [0.4, 0.5) is 0 Å². The molecule has 0 aromatic heterocycles. The Morgan fingerprint density at radius 2 is 2.22 bits per heavy atom. The maximum absolute atomic E-state index is 8.02. The second-order valence-corrected chi connectivity index (χ2v) is 1.71. The van der Waals surface area contributed by atoms with Crippen molar-refractivity contribution in [2.45, 2.75) is 12.8 Å². The molecule has 0 aliphatic heterocycles. The molecule has 3 nitrogen and oxygen atoms in total. The molecule has 0 saturated carbocycles. The Balaban J connectivity index is 2.69. The van der Waals surface area contributed by atoms with E-state index in [2.05, 4.69) is 0 Å². The van der Waals surface area contributed by atoms with Gasteiger partial charge in [-0.1, -0.05) is 0 Å². The number of nitrogens with zero attached hydrogens (tertiary/aromatic N) is 1. The maximum atomic E-state index is 8.02. The smallest absolute Gasteiger partial charge is 0.133 e. The second kappa shape index (κ2) is 7.41. The van der Waals surface area contributed by atoms with Crippen LogP contribution in [0.5, 0.6) is 0 Å². The lowest BCUT2D eigenvalue weighted by atomic mass is 10.3. The van der Waals surface area contributed by atoms with Gasteiger partial charge in [-0.3, -0.25) is 0 Å². The van der Waals surface area contributed by atoms with Crippen LogP contribution in [-0.4, -0.2) is 19.8 Å². The Bertz CT molecular complexity index is 87.5. The summed E-state index contributed by atoms with van der Waals surface area (Å²) in [6.07, 6.45) is 1.93. The number of hydrogen-bond donors (Lipinski definition) is 1. The van der Waals surface area contributed by atoms with Gasteiger partial charge in [0, 0.05) is 6.61 Å². The molecule has 0 saturated heterocycles. The molecule has 0 aromatic rings. The van der Waals surface area contributed by atoms with E-state index < -0.39 is 0 Å². The highest BCUT2D eigenvalue weighted by Gasteiger charge is 1.84. The third kappa shape index (κ3) is 7.41. The summed E-state index contributed by atoms with van der Waals surface area (Å²) in [4.78, 5) is 0. The summed E-state index contributed by atoms with van der Waals surface area (Å²) in [5.41, 5.74) is 5.22.